The summed E-state index contributed by atoms with van der Waals surface area (Å²) in [6.45, 7) is 1.48. The number of hydrogen-bond donors (Lipinski definition) is 2. The van der Waals surface area contributed by atoms with Crippen molar-refractivity contribution in [1.29, 1.82) is 0 Å². The van der Waals surface area contributed by atoms with Gasteiger partial charge in [0, 0.05) is 30.9 Å². The SMILES string of the molecule is NC(=O)c1cccc2cn(-c3ccc(CNCc4ccccn4)cc3)nc12. The maximum atomic E-state index is 11.6. The third kappa shape index (κ3) is 3.70. The number of aromatic nitrogens is 3. The molecule has 0 radical (unpaired) electrons. The average molecular weight is 357 g/mol. The summed E-state index contributed by atoms with van der Waals surface area (Å²) in [5.74, 6) is -0.472. The third-order valence-corrected chi connectivity index (χ3v) is 4.36. The molecule has 0 unspecified atom stereocenters. The molecule has 134 valence electrons. The van der Waals surface area contributed by atoms with Crippen molar-refractivity contribution < 1.29 is 4.79 Å². The molecule has 3 N–H and O–H groups in total. The molecule has 0 aliphatic rings. The van der Waals surface area contributed by atoms with Crippen LogP contribution in [0.15, 0.2) is 73.1 Å². The van der Waals surface area contributed by atoms with Gasteiger partial charge in [0.2, 0.25) is 0 Å². The van der Waals surface area contributed by atoms with E-state index in [9.17, 15) is 4.79 Å². The summed E-state index contributed by atoms with van der Waals surface area (Å²) in [6, 6.07) is 19.4. The highest BCUT2D eigenvalue weighted by Gasteiger charge is 2.10. The van der Waals surface area contributed by atoms with Gasteiger partial charge in [0.25, 0.3) is 5.91 Å². The van der Waals surface area contributed by atoms with Crippen molar-refractivity contribution in [2.24, 2.45) is 5.73 Å². The fourth-order valence-corrected chi connectivity index (χ4v) is 2.98. The first-order chi connectivity index (χ1) is 13.2. The lowest BCUT2D eigenvalue weighted by atomic mass is 10.1. The summed E-state index contributed by atoms with van der Waals surface area (Å²) in [4.78, 5) is 15.9. The van der Waals surface area contributed by atoms with Crippen molar-refractivity contribution in [3.05, 3.63) is 89.9 Å². The van der Waals surface area contributed by atoms with Crippen LogP contribution in [0.3, 0.4) is 0 Å². The van der Waals surface area contributed by atoms with E-state index in [0.29, 0.717) is 11.1 Å². The van der Waals surface area contributed by atoms with Gasteiger partial charge in [-0.2, -0.15) is 5.10 Å². The second kappa shape index (κ2) is 7.39. The molecule has 2 aromatic carbocycles. The molecule has 0 fully saturated rings. The molecule has 6 nitrogen and oxygen atoms in total. The number of nitrogens with one attached hydrogen (secondary N) is 1. The number of carbonyl (C=O) groups excluding carboxylic acids is 1. The van der Waals surface area contributed by atoms with Gasteiger partial charge < -0.3 is 11.1 Å². The highest BCUT2D eigenvalue weighted by molar-refractivity contribution is 6.04. The molecule has 4 rings (SSSR count). The minimum Gasteiger partial charge on any atom is -0.366 e. The minimum atomic E-state index is -0.472. The zero-order valence-corrected chi connectivity index (χ0v) is 14.7. The van der Waals surface area contributed by atoms with Crippen LogP contribution in [0.25, 0.3) is 16.6 Å². The Morgan fingerprint density at radius 3 is 2.59 bits per heavy atom. The van der Waals surface area contributed by atoms with Crippen molar-refractivity contribution >= 4 is 16.8 Å². The van der Waals surface area contributed by atoms with Crippen LogP contribution in [0.5, 0.6) is 0 Å². The Balaban J connectivity index is 1.48. The van der Waals surface area contributed by atoms with Gasteiger partial charge in [0.05, 0.1) is 16.9 Å². The maximum absolute atomic E-state index is 11.6. The van der Waals surface area contributed by atoms with Gasteiger partial charge in [-0.15, -0.1) is 0 Å². The van der Waals surface area contributed by atoms with Crippen LogP contribution < -0.4 is 11.1 Å². The van der Waals surface area contributed by atoms with Gasteiger partial charge >= 0.3 is 0 Å². The van der Waals surface area contributed by atoms with Gasteiger partial charge in [0.1, 0.15) is 5.52 Å². The Bertz CT molecular complexity index is 1070. The summed E-state index contributed by atoms with van der Waals surface area (Å²) in [5, 5.41) is 8.79. The van der Waals surface area contributed by atoms with Crippen LogP contribution in [-0.4, -0.2) is 20.7 Å². The Morgan fingerprint density at radius 2 is 1.85 bits per heavy atom. The van der Waals surface area contributed by atoms with Crippen molar-refractivity contribution in [3.63, 3.8) is 0 Å². The Morgan fingerprint density at radius 1 is 1.00 bits per heavy atom. The fraction of sp³-hybridized carbons (Fsp3) is 0.0952. The fourth-order valence-electron chi connectivity index (χ4n) is 2.98. The summed E-state index contributed by atoms with van der Waals surface area (Å²) >= 11 is 0. The van der Waals surface area contributed by atoms with Crippen LogP contribution >= 0.6 is 0 Å². The average Bonchev–Trinajstić information content (AvgIpc) is 3.13. The summed E-state index contributed by atoms with van der Waals surface area (Å²) in [7, 11) is 0. The van der Waals surface area contributed by atoms with E-state index in [2.05, 4.69) is 27.5 Å². The summed E-state index contributed by atoms with van der Waals surface area (Å²) in [5.41, 5.74) is 9.60. The molecule has 6 heteroatoms. The number of hydrogen-bond acceptors (Lipinski definition) is 4. The zero-order valence-electron chi connectivity index (χ0n) is 14.7. The molecule has 27 heavy (non-hydrogen) atoms. The van der Waals surface area contributed by atoms with Gasteiger partial charge in [-0.3, -0.25) is 9.78 Å². The molecule has 0 aliphatic heterocycles. The number of amides is 1. The van der Waals surface area contributed by atoms with E-state index >= 15 is 0 Å². The molecular formula is C21H19N5O. The number of nitrogens with zero attached hydrogens (tertiary/aromatic N) is 3. The lowest BCUT2D eigenvalue weighted by Gasteiger charge is -2.06. The standard InChI is InChI=1S/C21H19N5O/c22-21(27)19-6-3-4-16-14-26(25-20(16)19)18-9-7-15(8-10-18)12-23-13-17-5-1-2-11-24-17/h1-11,14,23H,12-13H2,(H2,22,27). The molecule has 0 spiro atoms. The molecule has 0 saturated carbocycles. The van der Waals surface area contributed by atoms with E-state index in [1.807, 2.05) is 48.7 Å². The zero-order chi connectivity index (χ0) is 18.6. The molecule has 0 bridgehead atoms. The number of nitrogens with two attached hydrogens (primary N) is 1. The molecule has 2 aromatic heterocycles. The van der Waals surface area contributed by atoms with Gasteiger partial charge in [-0.1, -0.05) is 30.3 Å². The Hall–Kier alpha value is -3.51. The van der Waals surface area contributed by atoms with E-state index in [0.717, 1.165) is 29.9 Å². The van der Waals surface area contributed by atoms with E-state index in [-0.39, 0.29) is 0 Å². The van der Waals surface area contributed by atoms with Crippen LogP contribution in [0.2, 0.25) is 0 Å². The predicted molar refractivity (Wildman–Crippen MR) is 104 cm³/mol. The van der Waals surface area contributed by atoms with Crippen LogP contribution in [0.1, 0.15) is 21.6 Å². The second-order valence-electron chi connectivity index (χ2n) is 6.27. The quantitative estimate of drug-likeness (QED) is 0.556. The molecular weight excluding hydrogens is 338 g/mol. The number of rotatable bonds is 6. The van der Waals surface area contributed by atoms with E-state index in [4.69, 9.17) is 5.73 Å². The second-order valence-corrected chi connectivity index (χ2v) is 6.27. The van der Waals surface area contributed by atoms with Crippen molar-refractivity contribution in [1.82, 2.24) is 20.1 Å². The van der Waals surface area contributed by atoms with Gasteiger partial charge in [-0.05, 0) is 35.9 Å². The summed E-state index contributed by atoms with van der Waals surface area (Å²) < 4.78 is 1.77. The van der Waals surface area contributed by atoms with E-state index in [1.165, 1.54) is 5.56 Å². The number of fused-ring (bicyclic) bond motifs is 1. The lowest BCUT2D eigenvalue weighted by Crippen LogP contribution is -2.13. The minimum absolute atomic E-state index is 0.432. The first-order valence-electron chi connectivity index (χ1n) is 8.69. The molecule has 1 amide bonds. The normalized spacial score (nSPS) is 11.0. The summed E-state index contributed by atoms with van der Waals surface area (Å²) in [6.07, 6.45) is 3.69. The maximum Gasteiger partial charge on any atom is 0.250 e. The first-order valence-corrected chi connectivity index (χ1v) is 8.69. The largest absolute Gasteiger partial charge is 0.366 e. The van der Waals surface area contributed by atoms with Crippen LogP contribution in [0, 0.1) is 0 Å². The topological polar surface area (TPSA) is 85.8 Å². The molecule has 0 saturated heterocycles. The van der Waals surface area contributed by atoms with E-state index < -0.39 is 5.91 Å². The number of carbonyl (C=O) groups is 1. The first kappa shape index (κ1) is 16.9. The molecule has 2 heterocycles. The van der Waals surface area contributed by atoms with Crippen LogP contribution in [0.4, 0.5) is 0 Å². The lowest BCUT2D eigenvalue weighted by molar-refractivity contribution is 0.100. The number of primary amides is 1. The van der Waals surface area contributed by atoms with Crippen molar-refractivity contribution in [2.75, 3.05) is 0 Å². The van der Waals surface area contributed by atoms with Gasteiger partial charge in [0.15, 0.2) is 0 Å². The molecule has 0 aliphatic carbocycles. The van der Waals surface area contributed by atoms with Crippen molar-refractivity contribution in [3.8, 4) is 5.69 Å². The number of benzene rings is 2. The molecule has 0 atom stereocenters. The highest BCUT2D eigenvalue weighted by Crippen LogP contribution is 2.19. The smallest absolute Gasteiger partial charge is 0.250 e. The third-order valence-electron chi connectivity index (χ3n) is 4.36. The van der Waals surface area contributed by atoms with E-state index in [1.54, 1.807) is 16.9 Å². The predicted octanol–water partition coefficient (Wildman–Crippen LogP) is 2.81. The highest BCUT2D eigenvalue weighted by atomic mass is 16.1. The van der Waals surface area contributed by atoms with Gasteiger partial charge in [-0.25, -0.2) is 4.68 Å². The Labute approximate surface area is 156 Å². The monoisotopic (exact) mass is 357 g/mol. The molecule has 4 aromatic rings. The number of pyridine rings is 1. The van der Waals surface area contributed by atoms with Crippen molar-refractivity contribution in [2.45, 2.75) is 13.1 Å². The van der Waals surface area contributed by atoms with Crippen LogP contribution in [-0.2, 0) is 13.1 Å². The Kier molecular flexibility index (Phi) is 4.63.